The molecule has 104 valence electrons. The molecule has 0 heterocycles. The largest absolute Gasteiger partial charge is 0.398 e. The van der Waals surface area contributed by atoms with Crippen molar-refractivity contribution in [1.29, 1.82) is 0 Å². The quantitative estimate of drug-likeness (QED) is 0.658. The van der Waals surface area contributed by atoms with E-state index in [1.54, 1.807) is 0 Å². The molecule has 0 saturated heterocycles. The number of benzene rings is 2. The predicted molar refractivity (Wildman–Crippen MR) is 70.1 cm³/mol. The van der Waals surface area contributed by atoms with E-state index in [0.717, 1.165) is 0 Å². The van der Waals surface area contributed by atoms with E-state index in [-0.39, 0.29) is 16.3 Å². The lowest BCUT2D eigenvalue weighted by Crippen LogP contribution is -2.13. The minimum atomic E-state index is -1.34. The fraction of sp³-hybridized carbons (Fsp3) is 0. The summed E-state index contributed by atoms with van der Waals surface area (Å²) in [5.74, 6) is -4.41. The summed E-state index contributed by atoms with van der Waals surface area (Å²) in [6.07, 6.45) is 0. The maximum absolute atomic E-state index is 13.4. The van der Waals surface area contributed by atoms with E-state index in [2.05, 4.69) is 5.32 Å². The van der Waals surface area contributed by atoms with Gasteiger partial charge >= 0.3 is 0 Å². The topological polar surface area (TPSA) is 55.1 Å². The van der Waals surface area contributed by atoms with Crippen molar-refractivity contribution in [2.45, 2.75) is 0 Å². The molecule has 2 rings (SSSR count). The summed E-state index contributed by atoms with van der Waals surface area (Å²) in [6.45, 7) is 0. The minimum Gasteiger partial charge on any atom is -0.398 e. The number of anilines is 2. The number of hydrogen-bond donors (Lipinski definition) is 2. The Balaban J connectivity index is 2.27. The third-order valence-corrected chi connectivity index (χ3v) is 2.85. The second-order valence-corrected chi connectivity index (χ2v) is 4.34. The summed E-state index contributed by atoms with van der Waals surface area (Å²) in [5.41, 5.74) is 5.40. The summed E-state index contributed by atoms with van der Waals surface area (Å²) < 4.78 is 39.1. The molecule has 0 fully saturated rings. The van der Waals surface area contributed by atoms with Gasteiger partial charge in [-0.05, 0) is 18.2 Å². The van der Waals surface area contributed by atoms with Crippen molar-refractivity contribution in [3.63, 3.8) is 0 Å². The monoisotopic (exact) mass is 300 g/mol. The highest BCUT2D eigenvalue weighted by atomic mass is 35.5. The number of halogens is 4. The summed E-state index contributed by atoms with van der Waals surface area (Å²) in [5, 5.41) is 2.28. The Morgan fingerprint density at radius 1 is 1.05 bits per heavy atom. The van der Waals surface area contributed by atoms with Crippen LogP contribution in [0.4, 0.5) is 24.5 Å². The first kappa shape index (κ1) is 14.2. The van der Waals surface area contributed by atoms with Crippen molar-refractivity contribution in [1.82, 2.24) is 0 Å². The summed E-state index contributed by atoms with van der Waals surface area (Å²) in [4.78, 5) is 11.8. The van der Waals surface area contributed by atoms with Crippen LogP contribution in [0.3, 0.4) is 0 Å². The van der Waals surface area contributed by atoms with E-state index < -0.39 is 29.0 Å². The number of rotatable bonds is 2. The molecule has 2 aromatic rings. The average molecular weight is 301 g/mol. The molecule has 7 heteroatoms. The van der Waals surface area contributed by atoms with E-state index in [0.29, 0.717) is 12.1 Å². The van der Waals surface area contributed by atoms with Crippen LogP contribution in [0.1, 0.15) is 10.4 Å². The Morgan fingerprint density at radius 3 is 2.35 bits per heavy atom. The van der Waals surface area contributed by atoms with Crippen LogP contribution < -0.4 is 11.1 Å². The van der Waals surface area contributed by atoms with Gasteiger partial charge in [0, 0.05) is 17.7 Å². The van der Waals surface area contributed by atoms with Crippen LogP contribution in [-0.4, -0.2) is 5.91 Å². The Bertz CT molecular complexity index is 692. The number of hydrogen-bond acceptors (Lipinski definition) is 2. The van der Waals surface area contributed by atoms with Gasteiger partial charge in [0.1, 0.15) is 5.82 Å². The van der Waals surface area contributed by atoms with E-state index in [4.69, 9.17) is 17.3 Å². The first-order valence-corrected chi connectivity index (χ1v) is 5.77. The SMILES string of the molecule is Nc1ccc(C(=O)Nc2cc(F)c(F)cc2F)cc1Cl. The highest BCUT2D eigenvalue weighted by Crippen LogP contribution is 2.22. The van der Waals surface area contributed by atoms with E-state index in [1.165, 1.54) is 18.2 Å². The highest BCUT2D eigenvalue weighted by molar-refractivity contribution is 6.33. The van der Waals surface area contributed by atoms with Gasteiger partial charge in [0.05, 0.1) is 16.4 Å². The van der Waals surface area contributed by atoms with Gasteiger partial charge in [-0.2, -0.15) is 0 Å². The smallest absolute Gasteiger partial charge is 0.255 e. The number of nitrogen functional groups attached to an aromatic ring is 1. The molecular weight excluding hydrogens is 293 g/mol. The predicted octanol–water partition coefficient (Wildman–Crippen LogP) is 3.59. The van der Waals surface area contributed by atoms with Crippen molar-refractivity contribution in [2.24, 2.45) is 0 Å². The zero-order chi connectivity index (χ0) is 14.9. The van der Waals surface area contributed by atoms with Gasteiger partial charge in [0.25, 0.3) is 5.91 Å². The van der Waals surface area contributed by atoms with Gasteiger partial charge in [-0.15, -0.1) is 0 Å². The van der Waals surface area contributed by atoms with Crippen molar-refractivity contribution in [2.75, 3.05) is 11.1 Å². The summed E-state index contributed by atoms with van der Waals surface area (Å²) >= 11 is 5.75. The van der Waals surface area contributed by atoms with Crippen molar-refractivity contribution in [3.8, 4) is 0 Å². The lowest BCUT2D eigenvalue weighted by molar-refractivity contribution is 0.102. The third kappa shape index (κ3) is 2.85. The Morgan fingerprint density at radius 2 is 1.70 bits per heavy atom. The molecule has 0 saturated carbocycles. The van der Waals surface area contributed by atoms with Gasteiger partial charge in [0.2, 0.25) is 0 Å². The Hall–Kier alpha value is -2.21. The van der Waals surface area contributed by atoms with Crippen LogP contribution >= 0.6 is 11.6 Å². The zero-order valence-electron chi connectivity index (χ0n) is 9.88. The normalized spacial score (nSPS) is 10.4. The zero-order valence-corrected chi connectivity index (χ0v) is 10.6. The van der Waals surface area contributed by atoms with Crippen molar-refractivity contribution >= 4 is 28.9 Å². The van der Waals surface area contributed by atoms with Gasteiger partial charge in [-0.25, -0.2) is 13.2 Å². The fourth-order valence-corrected chi connectivity index (χ4v) is 1.66. The van der Waals surface area contributed by atoms with Crippen LogP contribution in [0, 0.1) is 17.5 Å². The highest BCUT2D eigenvalue weighted by Gasteiger charge is 2.14. The molecule has 0 radical (unpaired) electrons. The number of nitrogens with two attached hydrogens (primary N) is 1. The second kappa shape index (κ2) is 5.42. The molecule has 1 amide bonds. The maximum Gasteiger partial charge on any atom is 0.255 e. The van der Waals surface area contributed by atoms with Gasteiger partial charge in [0.15, 0.2) is 11.6 Å². The number of carbonyl (C=O) groups is 1. The lowest BCUT2D eigenvalue weighted by atomic mass is 10.2. The Labute approximate surface area is 117 Å². The number of nitrogens with one attached hydrogen (secondary N) is 1. The second-order valence-electron chi connectivity index (χ2n) is 3.94. The van der Waals surface area contributed by atoms with E-state index in [1.807, 2.05) is 0 Å². The molecule has 0 aromatic heterocycles. The molecule has 0 atom stereocenters. The van der Waals surface area contributed by atoms with E-state index >= 15 is 0 Å². The molecule has 0 aliphatic rings. The molecule has 0 aliphatic carbocycles. The number of amides is 1. The van der Waals surface area contributed by atoms with E-state index in [9.17, 15) is 18.0 Å². The standard InChI is InChI=1S/C13H8ClF3N2O/c14-7-3-6(1-2-11(7)18)13(20)19-12-5-9(16)8(15)4-10(12)17/h1-5H,18H2,(H,19,20). The molecule has 20 heavy (non-hydrogen) atoms. The summed E-state index contributed by atoms with van der Waals surface area (Å²) in [6, 6.07) is 4.96. The molecule has 0 spiro atoms. The number of carbonyl (C=O) groups excluding carboxylic acids is 1. The molecule has 2 aromatic carbocycles. The summed E-state index contributed by atoms with van der Waals surface area (Å²) in [7, 11) is 0. The molecule has 0 aliphatic heterocycles. The fourth-order valence-electron chi connectivity index (χ4n) is 1.48. The van der Waals surface area contributed by atoms with Gasteiger partial charge in [-0.1, -0.05) is 11.6 Å². The van der Waals surface area contributed by atoms with Crippen molar-refractivity contribution < 1.29 is 18.0 Å². The third-order valence-electron chi connectivity index (χ3n) is 2.52. The molecular formula is C13H8ClF3N2O. The van der Waals surface area contributed by atoms with Crippen LogP contribution in [0.15, 0.2) is 30.3 Å². The Kier molecular flexibility index (Phi) is 3.85. The molecule has 3 nitrogen and oxygen atoms in total. The lowest BCUT2D eigenvalue weighted by Gasteiger charge is -2.08. The van der Waals surface area contributed by atoms with Gasteiger partial charge in [-0.3, -0.25) is 4.79 Å². The van der Waals surface area contributed by atoms with Crippen LogP contribution in [0.25, 0.3) is 0 Å². The first-order chi connectivity index (χ1) is 9.38. The van der Waals surface area contributed by atoms with Crippen LogP contribution in [0.2, 0.25) is 5.02 Å². The maximum atomic E-state index is 13.4. The molecule has 0 bridgehead atoms. The van der Waals surface area contributed by atoms with Crippen molar-refractivity contribution in [3.05, 3.63) is 58.4 Å². The minimum absolute atomic E-state index is 0.105. The first-order valence-electron chi connectivity index (χ1n) is 5.39. The average Bonchev–Trinajstić information content (AvgIpc) is 2.39. The van der Waals surface area contributed by atoms with Gasteiger partial charge < -0.3 is 11.1 Å². The molecule has 0 unspecified atom stereocenters. The molecule has 3 N–H and O–H groups in total. The van der Waals surface area contributed by atoms with Crippen LogP contribution in [-0.2, 0) is 0 Å². The van der Waals surface area contributed by atoms with Crippen LogP contribution in [0.5, 0.6) is 0 Å².